The van der Waals surface area contributed by atoms with Crippen molar-refractivity contribution in [3.8, 4) is 0 Å². The smallest absolute Gasteiger partial charge is 0.338 e. The van der Waals surface area contributed by atoms with Crippen LogP contribution < -0.4 is 0 Å². The fourth-order valence-corrected chi connectivity index (χ4v) is 2.92. The Morgan fingerprint density at radius 2 is 2.00 bits per heavy atom. The zero-order chi connectivity index (χ0) is 16.5. The van der Waals surface area contributed by atoms with Gasteiger partial charge in [-0.05, 0) is 24.5 Å². The number of carboxylic acids is 1. The first-order chi connectivity index (χ1) is 10.2. The van der Waals surface area contributed by atoms with Gasteiger partial charge in [0.2, 0.25) is 5.91 Å². The molecular weight excluding hydrogens is 285 g/mol. The van der Waals surface area contributed by atoms with Gasteiger partial charge in [-0.1, -0.05) is 32.9 Å². The lowest BCUT2D eigenvalue weighted by Gasteiger charge is -2.36. The second-order valence-electron chi connectivity index (χ2n) is 6.85. The lowest BCUT2D eigenvalue weighted by Crippen LogP contribution is -2.44. The van der Waals surface area contributed by atoms with Crippen LogP contribution in [0.1, 0.15) is 55.5 Å². The second-order valence-corrected chi connectivity index (χ2v) is 6.85. The molecule has 1 saturated heterocycles. The number of hydrogen-bond acceptors (Lipinski definition) is 2. The van der Waals surface area contributed by atoms with E-state index >= 15 is 0 Å². The van der Waals surface area contributed by atoms with E-state index in [4.69, 9.17) is 5.11 Å². The minimum absolute atomic E-state index is 0.0481. The Morgan fingerprint density at radius 3 is 2.59 bits per heavy atom. The van der Waals surface area contributed by atoms with Crippen molar-refractivity contribution in [1.29, 1.82) is 0 Å². The summed E-state index contributed by atoms with van der Waals surface area (Å²) >= 11 is 0. The molecule has 1 heterocycles. The molecule has 1 amide bonds. The SMILES string of the molecule is CC(C)(C)C(=O)N1CCC[C@H](c2cccc(C(=O)O)c2F)C1. The number of carboxylic acid groups (broad SMARTS) is 1. The van der Waals surface area contributed by atoms with Crippen molar-refractivity contribution in [2.45, 2.75) is 39.5 Å². The van der Waals surface area contributed by atoms with Crippen molar-refractivity contribution in [2.24, 2.45) is 5.41 Å². The number of likely N-dealkylation sites (tertiary alicyclic amines) is 1. The zero-order valence-electron chi connectivity index (χ0n) is 13.2. The molecule has 0 saturated carbocycles. The van der Waals surface area contributed by atoms with E-state index in [9.17, 15) is 14.0 Å². The van der Waals surface area contributed by atoms with E-state index in [0.717, 1.165) is 12.8 Å². The molecule has 0 spiro atoms. The van der Waals surface area contributed by atoms with Crippen molar-refractivity contribution >= 4 is 11.9 Å². The zero-order valence-corrected chi connectivity index (χ0v) is 13.2. The fourth-order valence-electron chi connectivity index (χ4n) is 2.92. The molecule has 1 fully saturated rings. The largest absolute Gasteiger partial charge is 0.478 e. The number of piperidine rings is 1. The van der Waals surface area contributed by atoms with Crippen LogP contribution in [0.4, 0.5) is 4.39 Å². The summed E-state index contributed by atoms with van der Waals surface area (Å²) in [6.07, 6.45) is 1.55. The Kier molecular flexibility index (Phi) is 4.54. The van der Waals surface area contributed by atoms with Gasteiger partial charge < -0.3 is 10.0 Å². The quantitative estimate of drug-likeness (QED) is 0.912. The van der Waals surface area contributed by atoms with Crippen molar-refractivity contribution in [3.05, 3.63) is 35.1 Å². The number of carbonyl (C=O) groups excluding carboxylic acids is 1. The molecule has 1 aliphatic heterocycles. The van der Waals surface area contributed by atoms with Crippen LogP contribution in [0, 0.1) is 11.2 Å². The minimum atomic E-state index is -1.27. The van der Waals surface area contributed by atoms with E-state index in [1.165, 1.54) is 6.07 Å². The number of aromatic carboxylic acids is 1. The molecular formula is C17H22FNO3. The van der Waals surface area contributed by atoms with Gasteiger partial charge in [0.05, 0.1) is 5.56 Å². The lowest BCUT2D eigenvalue weighted by molar-refractivity contribution is -0.140. The molecule has 0 aromatic heterocycles. The Hall–Kier alpha value is -1.91. The second kappa shape index (κ2) is 6.07. The first kappa shape index (κ1) is 16.5. The Morgan fingerprint density at radius 1 is 1.32 bits per heavy atom. The molecule has 0 radical (unpaired) electrons. The molecule has 5 heteroatoms. The molecule has 1 N–H and O–H groups in total. The molecule has 120 valence electrons. The average molecular weight is 307 g/mol. The summed E-state index contributed by atoms with van der Waals surface area (Å²) in [5.74, 6) is -2.05. The number of hydrogen-bond donors (Lipinski definition) is 1. The maximum absolute atomic E-state index is 14.4. The Balaban J connectivity index is 2.25. The summed E-state index contributed by atoms with van der Waals surface area (Å²) in [4.78, 5) is 25.2. The highest BCUT2D eigenvalue weighted by atomic mass is 19.1. The molecule has 2 rings (SSSR count). The van der Waals surface area contributed by atoms with Gasteiger partial charge in [-0.2, -0.15) is 0 Å². The molecule has 1 aromatic carbocycles. The van der Waals surface area contributed by atoms with Crippen LogP contribution in [0.5, 0.6) is 0 Å². The molecule has 4 nitrogen and oxygen atoms in total. The van der Waals surface area contributed by atoms with Gasteiger partial charge in [-0.25, -0.2) is 9.18 Å². The van der Waals surface area contributed by atoms with Crippen LogP contribution in [-0.2, 0) is 4.79 Å². The van der Waals surface area contributed by atoms with Crippen LogP contribution in [0.3, 0.4) is 0 Å². The molecule has 1 atom stereocenters. The standard InChI is InChI=1S/C17H22FNO3/c1-17(2,3)16(22)19-9-5-6-11(10-19)12-7-4-8-13(14(12)18)15(20)21/h4,7-8,11H,5-6,9-10H2,1-3H3,(H,20,21)/t11-/m0/s1. The van der Waals surface area contributed by atoms with E-state index in [1.807, 2.05) is 20.8 Å². The van der Waals surface area contributed by atoms with E-state index in [0.29, 0.717) is 18.7 Å². The molecule has 1 aliphatic rings. The summed E-state index contributed by atoms with van der Waals surface area (Å²) in [5, 5.41) is 9.03. The van der Waals surface area contributed by atoms with E-state index in [1.54, 1.807) is 17.0 Å². The van der Waals surface area contributed by atoms with Gasteiger partial charge >= 0.3 is 5.97 Å². The maximum atomic E-state index is 14.4. The normalized spacial score (nSPS) is 19.1. The highest BCUT2D eigenvalue weighted by Gasteiger charge is 2.32. The van der Waals surface area contributed by atoms with Crippen LogP contribution >= 0.6 is 0 Å². The predicted octanol–water partition coefficient (Wildman–Crippen LogP) is 3.28. The molecule has 0 aliphatic carbocycles. The average Bonchev–Trinajstić information content (AvgIpc) is 2.45. The van der Waals surface area contributed by atoms with Gasteiger partial charge in [0, 0.05) is 24.4 Å². The van der Waals surface area contributed by atoms with Crippen LogP contribution in [0.15, 0.2) is 18.2 Å². The number of carbonyl (C=O) groups is 2. The van der Waals surface area contributed by atoms with Crippen molar-refractivity contribution in [3.63, 3.8) is 0 Å². The van der Waals surface area contributed by atoms with Gasteiger partial charge in [0.15, 0.2) is 0 Å². The highest BCUT2D eigenvalue weighted by Crippen LogP contribution is 2.31. The number of nitrogens with zero attached hydrogens (tertiary/aromatic N) is 1. The third kappa shape index (κ3) is 3.29. The van der Waals surface area contributed by atoms with Crippen molar-refractivity contribution < 1.29 is 19.1 Å². The first-order valence-corrected chi connectivity index (χ1v) is 7.53. The summed E-state index contributed by atoms with van der Waals surface area (Å²) < 4.78 is 14.4. The first-order valence-electron chi connectivity index (χ1n) is 7.53. The minimum Gasteiger partial charge on any atom is -0.478 e. The lowest BCUT2D eigenvalue weighted by atomic mass is 9.87. The van der Waals surface area contributed by atoms with E-state index < -0.39 is 17.2 Å². The van der Waals surface area contributed by atoms with Gasteiger partial charge in [0.25, 0.3) is 0 Å². The summed E-state index contributed by atoms with van der Waals surface area (Å²) in [5.41, 5.74) is -0.383. The fraction of sp³-hybridized carbons (Fsp3) is 0.529. The summed E-state index contributed by atoms with van der Waals surface area (Å²) in [6.45, 7) is 6.71. The van der Waals surface area contributed by atoms with Gasteiger partial charge in [-0.15, -0.1) is 0 Å². The summed E-state index contributed by atoms with van der Waals surface area (Å²) in [6, 6.07) is 4.45. The maximum Gasteiger partial charge on any atom is 0.338 e. The highest BCUT2D eigenvalue weighted by molar-refractivity contribution is 5.88. The van der Waals surface area contributed by atoms with Crippen molar-refractivity contribution in [1.82, 2.24) is 4.90 Å². The molecule has 0 bridgehead atoms. The number of halogens is 1. The molecule has 22 heavy (non-hydrogen) atoms. The molecule has 0 unspecified atom stereocenters. The van der Waals surface area contributed by atoms with Crippen LogP contribution in [-0.4, -0.2) is 35.0 Å². The van der Waals surface area contributed by atoms with E-state index in [-0.39, 0.29) is 17.4 Å². The van der Waals surface area contributed by atoms with Gasteiger partial charge in [0.1, 0.15) is 5.82 Å². The van der Waals surface area contributed by atoms with E-state index in [2.05, 4.69) is 0 Å². The van der Waals surface area contributed by atoms with Crippen LogP contribution in [0.2, 0.25) is 0 Å². The third-order valence-corrected chi connectivity index (χ3v) is 4.05. The van der Waals surface area contributed by atoms with Crippen molar-refractivity contribution in [2.75, 3.05) is 13.1 Å². The number of amides is 1. The third-order valence-electron chi connectivity index (χ3n) is 4.05. The van der Waals surface area contributed by atoms with Gasteiger partial charge in [-0.3, -0.25) is 4.79 Å². The number of rotatable bonds is 2. The predicted molar refractivity (Wildman–Crippen MR) is 81.4 cm³/mol. The monoisotopic (exact) mass is 307 g/mol. The Labute approximate surface area is 129 Å². The Bertz CT molecular complexity index is 592. The topological polar surface area (TPSA) is 57.6 Å². The summed E-state index contributed by atoms with van der Waals surface area (Å²) in [7, 11) is 0. The molecule has 1 aromatic rings. The number of benzene rings is 1. The van der Waals surface area contributed by atoms with Crippen LogP contribution in [0.25, 0.3) is 0 Å².